The minimum atomic E-state index is -0.00546. The Balaban J connectivity index is 2.06. The molecular weight excluding hydrogens is 220 g/mol. The lowest BCUT2D eigenvalue weighted by atomic mass is 9.82. The second kappa shape index (κ2) is 5.02. The summed E-state index contributed by atoms with van der Waals surface area (Å²) in [5.41, 5.74) is 9.46. The normalized spacial score (nSPS) is 19.8. The Bertz CT molecular complexity index is 381. The topological polar surface area (TPSA) is 38.0 Å². The molecular formula is C16H26N2. The van der Waals surface area contributed by atoms with E-state index in [4.69, 9.17) is 5.73 Å². The molecule has 1 aromatic carbocycles. The first-order chi connectivity index (χ1) is 8.39. The lowest BCUT2D eigenvalue weighted by Gasteiger charge is -2.34. The molecule has 0 spiro atoms. The average molecular weight is 246 g/mol. The first-order valence-electron chi connectivity index (χ1n) is 6.98. The molecule has 0 atom stereocenters. The van der Waals surface area contributed by atoms with Gasteiger partial charge in [-0.05, 0) is 48.9 Å². The van der Waals surface area contributed by atoms with Gasteiger partial charge in [0.05, 0.1) is 0 Å². The molecule has 0 amide bonds. The molecule has 2 heteroatoms. The molecule has 0 bridgehead atoms. The quantitative estimate of drug-likeness (QED) is 0.842. The van der Waals surface area contributed by atoms with Crippen molar-refractivity contribution >= 4 is 0 Å². The Labute approximate surface area is 111 Å². The monoisotopic (exact) mass is 246 g/mol. The molecule has 1 heterocycles. The highest BCUT2D eigenvalue weighted by atomic mass is 14.9. The van der Waals surface area contributed by atoms with E-state index in [0.29, 0.717) is 0 Å². The van der Waals surface area contributed by atoms with E-state index < -0.39 is 0 Å². The predicted octanol–water partition coefficient (Wildman–Crippen LogP) is 2.61. The van der Waals surface area contributed by atoms with E-state index in [1.54, 1.807) is 0 Å². The highest BCUT2D eigenvalue weighted by Crippen LogP contribution is 2.25. The van der Waals surface area contributed by atoms with E-state index in [9.17, 15) is 0 Å². The largest absolute Gasteiger partial charge is 0.325 e. The molecule has 0 aliphatic carbocycles. The minimum absolute atomic E-state index is 0.00546. The van der Waals surface area contributed by atoms with Crippen LogP contribution in [0.1, 0.15) is 44.7 Å². The summed E-state index contributed by atoms with van der Waals surface area (Å²) in [5, 5.41) is 3.37. The number of nitrogens with two attached hydrogens (primary N) is 1. The summed E-state index contributed by atoms with van der Waals surface area (Å²) in [7, 11) is 0. The van der Waals surface area contributed by atoms with Crippen molar-refractivity contribution in [2.75, 3.05) is 13.1 Å². The molecule has 100 valence electrons. The van der Waals surface area contributed by atoms with Gasteiger partial charge in [-0.2, -0.15) is 0 Å². The Hall–Kier alpha value is -0.860. The second-order valence-electron chi connectivity index (χ2n) is 6.74. The molecule has 0 radical (unpaired) electrons. The van der Waals surface area contributed by atoms with Crippen molar-refractivity contribution in [3.63, 3.8) is 0 Å². The van der Waals surface area contributed by atoms with Crippen molar-refractivity contribution < 1.29 is 0 Å². The summed E-state index contributed by atoms with van der Waals surface area (Å²) in [5.74, 6) is 0. The van der Waals surface area contributed by atoms with Gasteiger partial charge in [-0.1, -0.05) is 45.0 Å². The highest BCUT2D eigenvalue weighted by molar-refractivity contribution is 5.28. The van der Waals surface area contributed by atoms with E-state index >= 15 is 0 Å². The van der Waals surface area contributed by atoms with Gasteiger partial charge < -0.3 is 11.1 Å². The molecule has 2 nitrogen and oxygen atoms in total. The standard InChI is InChI=1S/C16H26N2/c1-15(2,3)14-6-4-13(5-7-14)12-16(17)8-10-18-11-9-16/h4-7,18H,8-12,17H2,1-3H3. The van der Waals surface area contributed by atoms with Crippen LogP contribution in [0.4, 0.5) is 0 Å². The third-order valence-corrected chi connectivity index (χ3v) is 3.98. The molecule has 0 saturated carbocycles. The van der Waals surface area contributed by atoms with Gasteiger partial charge >= 0.3 is 0 Å². The van der Waals surface area contributed by atoms with Crippen molar-refractivity contribution in [3.8, 4) is 0 Å². The maximum Gasteiger partial charge on any atom is 0.0219 e. The second-order valence-corrected chi connectivity index (χ2v) is 6.74. The van der Waals surface area contributed by atoms with Gasteiger partial charge in [0.15, 0.2) is 0 Å². The number of benzene rings is 1. The van der Waals surface area contributed by atoms with Gasteiger partial charge in [0.25, 0.3) is 0 Å². The number of hydrogen-bond donors (Lipinski definition) is 2. The maximum atomic E-state index is 6.47. The first kappa shape index (κ1) is 13.6. The first-order valence-corrected chi connectivity index (χ1v) is 6.98. The Morgan fingerprint density at radius 2 is 1.67 bits per heavy atom. The zero-order valence-corrected chi connectivity index (χ0v) is 11.9. The number of hydrogen-bond acceptors (Lipinski definition) is 2. The molecule has 0 aromatic heterocycles. The lowest BCUT2D eigenvalue weighted by Crippen LogP contribution is -2.50. The Morgan fingerprint density at radius 3 is 2.17 bits per heavy atom. The van der Waals surface area contributed by atoms with Crippen molar-refractivity contribution in [2.24, 2.45) is 5.73 Å². The highest BCUT2D eigenvalue weighted by Gasteiger charge is 2.27. The minimum Gasteiger partial charge on any atom is -0.325 e. The fourth-order valence-electron chi connectivity index (χ4n) is 2.63. The van der Waals surface area contributed by atoms with Crippen LogP contribution in [0, 0.1) is 0 Å². The van der Waals surface area contributed by atoms with Crippen LogP contribution in [0.3, 0.4) is 0 Å². The molecule has 2 rings (SSSR count). The Kier molecular flexibility index (Phi) is 3.79. The van der Waals surface area contributed by atoms with Crippen LogP contribution < -0.4 is 11.1 Å². The number of piperidine rings is 1. The lowest BCUT2D eigenvalue weighted by molar-refractivity contribution is 0.308. The fraction of sp³-hybridized carbons (Fsp3) is 0.625. The summed E-state index contributed by atoms with van der Waals surface area (Å²) in [4.78, 5) is 0. The molecule has 18 heavy (non-hydrogen) atoms. The van der Waals surface area contributed by atoms with Crippen LogP contribution in [0.15, 0.2) is 24.3 Å². The number of rotatable bonds is 2. The summed E-state index contributed by atoms with van der Waals surface area (Å²) < 4.78 is 0. The summed E-state index contributed by atoms with van der Waals surface area (Å²) >= 11 is 0. The van der Waals surface area contributed by atoms with Crippen LogP contribution in [0.2, 0.25) is 0 Å². The zero-order valence-electron chi connectivity index (χ0n) is 11.9. The third-order valence-electron chi connectivity index (χ3n) is 3.98. The van der Waals surface area contributed by atoms with Crippen molar-refractivity contribution in [3.05, 3.63) is 35.4 Å². The van der Waals surface area contributed by atoms with Crippen LogP contribution >= 0.6 is 0 Å². The van der Waals surface area contributed by atoms with Crippen LogP contribution in [0.25, 0.3) is 0 Å². The van der Waals surface area contributed by atoms with E-state index in [1.807, 2.05) is 0 Å². The van der Waals surface area contributed by atoms with E-state index in [2.05, 4.69) is 50.4 Å². The van der Waals surface area contributed by atoms with E-state index in [1.165, 1.54) is 11.1 Å². The van der Waals surface area contributed by atoms with Crippen LogP contribution in [0.5, 0.6) is 0 Å². The van der Waals surface area contributed by atoms with Gasteiger partial charge in [0, 0.05) is 5.54 Å². The SMILES string of the molecule is CC(C)(C)c1ccc(CC2(N)CCNCC2)cc1. The molecule has 1 fully saturated rings. The van der Waals surface area contributed by atoms with Crippen LogP contribution in [-0.2, 0) is 11.8 Å². The van der Waals surface area contributed by atoms with Crippen LogP contribution in [-0.4, -0.2) is 18.6 Å². The summed E-state index contributed by atoms with van der Waals surface area (Å²) in [6.07, 6.45) is 3.15. The van der Waals surface area contributed by atoms with Gasteiger partial charge in [-0.3, -0.25) is 0 Å². The van der Waals surface area contributed by atoms with Gasteiger partial charge in [-0.25, -0.2) is 0 Å². The summed E-state index contributed by atoms with van der Waals surface area (Å²) in [6, 6.07) is 8.99. The fourth-order valence-corrected chi connectivity index (χ4v) is 2.63. The average Bonchev–Trinajstić information content (AvgIpc) is 2.29. The molecule has 1 aliphatic rings. The molecule has 0 unspecified atom stereocenters. The van der Waals surface area contributed by atoms with Crippen molar-refractivity contribution in [1.82, 2.24) is 5.32 Å². The maximum absolute atomic E-state index is 6.47. The number of nitrogens with one attached hydrogen (secondary N) is 1. The van der Waals surface area contributed by atoms with Gasteiger partial charge in [0.1, 0.15) is 0 Å². The third kappa shape index (κ3) is 3.33. The predicted molar refractivity (Wildman–Crippen MR) is 77.9 cm³/mol. The van der Waals surface area contributed by atoms with E-state index in [-0.39, 0.29) is 11.0 Å². The van der Waals surface area contributed by atoms with Crippen molar-refractivity contribution in [2.45, 2.75) is 51.0 Å². The molecule has 1 saturated heterocycles. The van der Waals surface area contributed by atoms with Crippen molar-refractivity contribution in [1.29, 1.82) is 0 Å². The Morgan fingerprint density at radius 1 is 1.11 bits per heavy atom. The molecule has 1 aromatic rings. The summed E-state index contributed by atoms with van der Waals surface area (Å²) in [6.45, 7) is 8.85. The molecule has 1 aliphatic heterocycles. The van der Waals surface area contributed by atoms with E-state index in [0.717, 1.165) is 32.4 Å². The smallest absolute Gasteiger partial charge is 0.0219 e. The van der Waals surface area contributed by atoms with Gasteiger partial charge in [-0.15, -0.1) is 0 Å². The zero-order chi connectivity index (χ0) is 13.2. The molecule has 3 N–H and O–H groups in total. The van der Waals surface area contributed by atoms with Gasteiger partial charge in [0.2, 0.25) is 0 Å².